The monoisotopic (exact) mass is 540 g/mol. The van der Waals surface area contributed by atoms with Gasteiger partial charge in [-0.25, -0.2) is 9.59 Å². The second-order valence-corrected chi connectivity index (χ2v) is 8.29. The standard InChI is InChI=1S/C18H24N4O.2C2HF3O2/c1-12-7-13(2)9-14(8-12)10-22-6-5-16-15(11-22)17(20-19-16)18(23)21(3)4;2*3-2(4,5)1(6)7/h7-9H,5-6,10-11H2,1-4H3,(H,19,20);2*(H,6,7). The molecule has 2 heterocycles. The van der Waals surface area contributed by atoms with E-state index in [1.54, 1.807) is 19.0 Å². The van der Waals surface area contributed by atoms with Crippen molar-refractivity contribution >= 4 is 17.8 Å². The normalized spacial score (nSPS) is 13.4. The van der Waals surface area contributed by atoms with E-state index in [0.717, 1.165) is 37.3 Å². The zero-order valence-corrected chi connectivity index (χ0v) is 20.3. The third kappa shape index (κ3) is 10.1. The Hall–Kier alpha value is -3.62. The summed E-state index contributed by atoms with van der Waals surface area (Å²) >= 11 is 0. The molecule has 1 aromatic heterocycles. The molecular weight excluding hydrogens is 514 g/mol. The topological polar surface area (TPSA) is 127 Å². The number of hydrogen-bond acceptors (Lipinski definition) is 5. The Balaban J connectivity index is 0.000000404. The van der Waals surface area contributed by atoms with E-state index in [0.29, 0.717) is 5.69 Å². The van der Waals surface area contributed by atoms with Crippen LogP contribution in [0.3, 0.4) is 0 Å². The fourth-order valence-electron chi connectivity index (χ4n) is 3.29. The summed E-state index contributed by atoms with van der Waals surface area (Å²) in [6.07, 6.45) is -9.26. The molecule has 3 rings (SSSR count). The van der Waals surface area contributed by atoms with Crippen molar-refractivity contribution in [1.29, 1.82) is 0 Å². The Morgan fingerprint density at radius 1 is 0.973 bits per heavy atom. The van der Waals surface area contributed by atoms with Crippen LogP contribution in [0.25, 0.3) is 0 Å². The molecule has 0 atom stereocenters. The Bertz CT molecular complexity index is 1070. The lowest BCUT2D eigenvalue weighted by molar-refractivity contribution is -0.193. The van der Waals surface area contributed by atoms with Crippen molar-refractivity contribution < 1.29 is 50.9 Å². The SMILES string of the molecule is Cc1cc(C)cc(CN2CCc3[nH]nc(C(=O)N(C)C)c3C2)c1.O=C(O)C(F)(F)F.O=C(O)C(F)(F)F. The van der Waals surface area contributed by atoms with Crippen LogP contribution in [-0.2, 0) is 29.1 Å². The van der Waals surface area contributed by atoms with Crippen LogP contribution in [-0.4, -0.2) is 81.0 Å². The van der Waals surface area contributed by atoms with Crippen LogP contribution in [0.15, 0.2) is 18.2 Å². The molecule has 0 saturated heterocycles. The minimum atomic E-state index is -5.08. The third-order valence-electron chi connectivity index (χ3n) is 4.79. The summed E-state index contributed by atoms with van der Waals surface area (Å²) in [7, 11) is 3.53. The summed E-state index contributed by atoms with van der Waals surface area (Å²) in [4.78, 5) is 34.0. The van der Waals surface area contributed by atoms with Crippen molar-refractivity contribution in [1.82, 2.24) is 20.0 Å². The Labute approximate surface area is 207 Å². The molecule has 206 valence electrons. The molecule has 2 aromatic rings. The number of alkyl halides is 6. The molecule has 15 heteroatoms. The molecule has 0 unspecified atom stereocenters. The lowest BCUT2D eigenvalue weighted by atomic mass is 10.0. The predicted molar refractivity (Wildman–Crippen MR) is 118 cm³/mol. The number of fused-ring (bicyclic) bond motifs is 1. The number of nitrogens with zero attached hydrogens (tertiary/aromatic N) is 3. The molecule has 1 aromatic carbocycles. The Morgan fingerprint density at radius 3 is 1.84 bits per heavy atom. The van der Waals surface area contributed by atoms with Gasteiger partial charge in [0.1, 0.15) is 0 Å². The molecule has 0 saturated carbocycles. The van der Waals surface area contributed by atoms with Gasteiger partial charge in [-0.15, -0.1) is 0 Å². The van der Waals surface area contributed by atoms with E-state index in [2.05, 4.69) is 47.1 Å². The fraction of sp³-hybridized carbons (Fsp3) is 0.455. The zero-order chi connectivity index (χ0) is 28.7. The number of carbonyl (C=O) groups excluding carboxylic acids is 1. The van der Waals surface area contributed by atoms with Crippen LogP contribution in [0.4, 0.5) is 26.3 Å². The summed E-state index contributed by atoms with van der Waals surface area (Å²) in [6, 6.07) is 6.68. The largest absolute Gasteiger partial charge is 0.490 e. The molecular formula is C22H26F6N4O5. The first-order valence-corrected chi connectivity index (χ1v) is 10.5. The van der Waals surface area contributed by atoms with E-state index in [9.17, 15) is 31.1 Å². The van der Waals surface area contributed by atoms with Crippen molar-refractivity contribution in [3.05, 3.63) is 51.8 Å². The minimum absolute atomic E-state index is 0.0317. The number of carbonyl (C=O) groups is 3. The van der Waals surface area contributed by atoms with Gasteiger partial charge in [-0.05, 0) is 19.4 Å². The average Bonchev–Trinajstić information content (AvgIpc) is 3.15. The maximum absolute atomic E-state index is 12.3. The maximum atomic E-state index is 12.3. The first-order chi connectivity index (χ1) is 16.8. The summed E-state index contributed by atoms with van der Waals surface area (Å²) in [5.41, 5.74) is 6.64. The molecule has 0 bridgehead atoms. The molecule has 0 fully saturated rings. The summed E-state index contributed by atoms with van der Waals surface area (Å²) in [6.45, 7) is 6.93. The highest BCUT2D eigenvalue weighted by Crippen LogP contribution is 2.23. The van der Waals surface area contributed by atoms with Crippen LogP contribution in [0, 0.1) is 13.8 Å². The van der Waals surface area contributed by atoms with Gasteiger partial charge < -0.3 is 15.1 Å². The number of nitrogens with one attached hydrogen (secondary N) is 1. The lowest BCUT2D eigenvalue weighted by Crippen LogP contribution is -2.32. The van der Waals surface area contributed by atoms with E-state index in [-0.39, 0.29) is 5.91 Å². The summed E-state index contributed by atoms with van der Waals surface area (Å²) in [5, 5.41) is 21.5. The quantitative estimate of drug-likeness (QED) is 0.509. The summed E-state index contributed by atoms with van der Waals surface area (Å²) in [5.74, 6) is -5.55. The van der Waals surface area contributed by atoms with E-state index < -0.39 is 24.3 Å². The third-order valence-corrected chi connectivity index (χ3v) is 4.79. The summed E-state index contributed by atoms with van der Waals surface area (Å²) < 4.78 is 63.5. The van der Waals surface area contributed by atoms with E-state index in [1.165, 1.54) is 16.7 Å². The Morgan fingerprint density at radius 2 is 1.43 bits per heavy atom. The van der Waals surface area contributed by atoms with Gasteiger partial charge in [0, 0.05) is 51.4 Å². The van der Waals surface area contributed by atoms with Gasteiger partial charge in [0.25, 0.3) is 5.91 Å². The fourth-order valence-corrected chi connectivity index (χ4v) is 3.29. The van der Waals surface area contributed by atoms with Crippen molar-refractivity contribution in [2.45, 2.75) is 45.7 Å². The first-order valence-electron chi connectivity index (χ1n) is 10.5. The number of hydrogen-bond donors (Lipinski definition) is 3. The number of benzene rings is 1. The smallest absolute Gasteiger partial charge is 0.475 e. The van der Waals surface area contributed by atoms with Crippen molar-refractivity contribution in [3.8, 4) is 0 Å². The number of carboxylic acid groups (broad SMARTS) is 2. The number of halogens is 6. The molecule has 9 nitrogen and oxygen atoms in total. The van der Waals surface area contributed by atoms with Crippen molar-refractivity contribution in [3.63, 3.8) is 0 Å². The zero-order valence-electron chi connectivity index (χ0n) is 20.3. The Kier molecular flexibility index (Phi) is 10.7. The van der Waals surface area contributed by atoms with Crippen LogP contribution >= 0.6 is 0 Å². The second kappa shape index (κ2) is 12.6. The van der Waals surface area contributed by atoms with Gasteiger partial charge >= 0.3 is 24.3 Å². The van der Waals surface area contributed by atoms with Gasteiger partial charge in [-0.3, -0.25) is 14.8 Å². The minimum Gasteiger partial charge on any atom is -0.475 e. The van der Waals surface area contributed by atoms with E-state index in [4.69, 9.17) is 19.8 Å². The number of carboxylic acids is 2. The van der Waals surface area contributed by atoms with Gasteiger partial charge in [-0.1, -0.05) is 29.3 Å². The highest BCUT2D eigenvalue weighted by atomic mass is 19.4. The van der Waals surface area contributed by atoms with Gasteiger partial charge in [0.2, 0.25) is 0 Å². The highest BCUT2D eigenvalue weighted by molar-refractivity contribution is 5.93. The number of aromatic amines is 1. The number of aromatic nitrogens is 2. The predicted octanol–water partition coefficient (Wildman–Crippen LogP) is 3.55. The van der Waals surface area contributed by atoms with E-state index in [1.807, 2.05) is 0 Å². The van der Waals surface area contributed by atoms with Crippen LogP contribution < -0.4 is 0 Å². The van der Waals surface area contributed by atoms with Crippen molar-refractivity contribution in [2.75, 3.05) is 20.6 Å². The van der Waals surface area contributed by atoms with Crippen LogP contribution in [0.1, 0.15) is 38.4 Å². The lowest BCUT2D eigenvalue weighted by Gasteiger charge is -2.27. The number of H-pyrrole nitrogens is 1. The number of aliphatic carboxylic acids is 2. The maximum Gasteiger partial charge on any atom is 0.490 e. The number of aryl methyl sites for hydroxylation is 2. The molecule has 0 radical (unpaired) electrons. The van der Waals surface area contributed by atoms with E-state index >= 15 is 0 Å². The second-order valence-electron chi connectivity index (χ2n) is 8.29. The molecule has 1 aliphatic heterocycles. The first kappa shape index (κ1) is 31.4. The number of amides is 1. The average molecular weight is 540 g/mol. The highest BCUT2D eigenvalue weighted by Gasteiger charge is 2.38. The van der Waals surface area contributed by atoms with Gasteiger partial charge in [0.05, 0.1) is 0 Å². The van der Waals surface area contributed by atoms with Crippen LogP contribution in [0.2, 0.25) is 0 Å². The molecule has 0 aliphatic carbocycles. The molecule has 3 N–H and O–H groups in total. The van der Waals surface area contributed by atoms with Gasteiger partial charge in [0.15, 0.2) is 5.69 Å². The molecule has 37 heavy (non-hydrogen) atoms. The molecule has 1 aliphatic rings. The molecule has 0 spiro atoms. The van der Waals surface area contributed by atoms with Crippen molar-refractivity contribution in [2.24, 2.45) is 0 Å². The molecule has 1 amide bonds. The number of rotatable bonds is 3. The van der Waals surface area contributed by atoms with Gasteiger partial charge in [-0.2, -0.15) is 31.4 Å². The van der Waals surface area contributed by atoms with Crippen LogP contribution in [0.5, 0.6) is 0 Å².